The molecule has 2 unspecified atom stereocenters. The Morgan fingerprint density at radius 3 is 2.39 bits per heavy atom. The first-order chi connectivity index (χ1) is 8.10. The lowest BCUT2D eigenvalue weighted by molar-refractivity contribution is -0.573. The van der Waals surface area contributed by atoms with Crippen LogP contribution in [-0.2, 0) is 19.3 Å². The van der Waals surface area contributed by atoms with E-state index in [0.717, 1.165) is 6.92 Å². The van der Waals surface area contributed by atoms with Crippen LogP contribution in [-0.4, -0.2) is 66.2 Å². The Morgan fingerprint density at radius 1 is 1.44 bits per heavy atom. The SMILES string of the molecule is CC(CO)(COCC(O)COS(=O)(=O)O)[N+](=O)[O-]. The lowest BCUT2D eigenvalue weighted by Crippen LogP contribution is -2.44. The van der Waals surface area contributed by atoms with Crippen LogP contribution in [0.3, 0.4) is 0 Å². The van der Waals surface area contributed by atoms with Crippen molar-refractivity contribution in [3.63, 3.8) is 0 Å². The zero-order chi connectivity index (χ0) is 14.4. The van der Waals surface area contributed by atoms with Gasteiger partial charge in [-0.1, -0.05) is 0 Å². The van der Waals surface area contributed by atoms with E-state index in [-0.39, 0.29) is 0 Å². The van der Waals surface area contributed by atoms with Crippen LogP contribution in [0.2, 0.25) is 0 Å². The van der Waals surface area contributed by atoms with Crippen molar-refractivity contribution in [2.24, 2.45) is 0 Å². The number of rotatable bonds is 9. The van der Waals surface area contributed by atoms with Crippen LogP contribution in [0.15, 0.2) is 0 Å². The molecule has 3 N–H and O–H groups in total. The summed E-state index contributed by atoms with van der Waals surface area (Å²) in [6.45, 7) is -1.27. The van der Waals surface area contributed by atoms with E-state index in [1.807, 2.05) is 0 Å². The molecule has 0 radical (unpaired) electrons. The number of nitro groups is 1. The molecule has 0 heterocycles. The van der Waals surface area contributed by atoms with Gasteiger partial charge in [-0.2, -0.15) is 8.42 Å². The highest BCUT2D eigenvalue weighted by atomic mass is 32.3. The van der Waals surface area contributed by atoms with Crippen molar-refractivity contribution in [1.82, 2.24) is 0 Å². The topological polar surface area (TPSA) is 156 Å². The molecule has 0 aromatic carbocycles. The molecule has 11 heteroatoms. The number of nitrogens with zero attached hydrogens (tertiary/aromatic N) is 1. The third-order valence-electron chi connectivity index (χ3n) is 1.91. The molecule has 0 amide bonds. The van der Waals surface area contributed by atoms with E-state index in [4.69, 9.17) is 19.5 Å². The van der Waals surface area contributed by atoms with Crippen LogP contribution in [0.5, 0.6) is 0 Å². The third-order valence-corrected chi connectivity index (χ3v) is 2.35. The molecule has 0 bridgehead atoms. The molecular formula is C7H15NO9S. The highest BCUT2D eigenvalue weighted by Crippen LogP contribution is 2.08. The zero-order valence-electron chi connectivity index (χ0n) is 9.55. The quantitative estimate of drug-likeness (QED) is 0.253. The molecular weight excluding hydrogens is 274 g/mol. The molecule has 108 valence electrons. The molecule has 0 aliphatic carbocycles. The summed E-state index contributed by atoms with van der Waals surface area (Å²) in [5.74, 6) is 0. The Kier molecular flexibility index (Phi) is 6.59. The highest BCUT2D eigenvalue weighted by molar-refractivity contribution is 7.80. The number of aliphatic hydroxyl groups is 2. The van der Waals surface area contributed by atoms with Gasteiger partial charge in [-0.05, 0) is 0 Å². The van der Waals surface area contributed by atoms with Gasteiger partial charge < -0.3 is 14.9 Å². The Bertz CT molecular complexity index is 369. The standard InChI is InChI=1S/C7H15NO9S/c1-7(4-9,8(11)12)5-16-2-6(10)3-17-18(13,14)15/h6,9-10H,2-5H2,1H3,(H,13,14,15). The summed E-state index contributed by atoms with van der Waals surface area (Å²) in [6.07, 6.45) is -1.39. The van der Waals surface area contributed by atoms with E-state index >= 15 is 0 Å². The summed E-state index contributed by atoms with van der Waals surface area (Å²) < 4.78 is 37.2. The van der Waals surface area contributed by atoms with Crippen molar-refractivity contribution < 1.29 is 37.0 Å². The van der Waals surface area contributed by atoms with E-state index in [0.29, 0.717) is 0 Å². The minimum absolute atomic E-state index is 0.445. The van der Waals surface area contributed by atoms with E-state index in [1.54, 1.807) is 0 Å². The first-order valence-electron chi connectivity index (χ1n) is 4.74. The van der Waals surface area contributed by atoms with Gasteiger partial charge in [0.1, 0.15) is 19.3 Å². The molecule has 0 aliphatic rings. The molecule has 0 saturated carbocycles. The van der Waals surface area contributed by atoms with Crippen molar-refractivity contribution in [2.45, 2.75) is 18.6 Å². The van der Waals surface area contributed by atoms with Gasteiger partial charge in [-0.3, -0.25) is 14.7 Å². The van der Waals surface area contributed by atoms with Gasteiger partial charge in [0.05, 0.1) is 13.2 Å². The maximum atomic E-state index is 10.6. The van der Waals surface area contributed by atoms with Gasteiger partial charge in [-0.25, -0.2) is 4.18 Å². The summed E-state index contributed by atoms with van der Waals surface area (Å²) in [5.41, 5.74) is -1.70. The number of hydrogen-bond acceptors (Lipinski definition) is 8. The second kappa shape index (κ2) is 6.92. The van der Waals surface area contributed by atoms with Gasteiger partial charge in [-0.15, -0.1) is 0 Å². The number of hydrogen-bond donors (Lipinski definition) is 3. The second-order valence-electron chi connectivity index (χ2n) is 3.79. The predicted octanol–water partition coefficient (Wildman–Crippen LogP) is -1.79. The molecule has 0 saturated heterocycles. The Balaban J connectivity index is 4.00. The Labute approximate surface area is 103 Å². The van der Waals surface area contributed by atoms with Gasteiger partial charge in [0.25, 0.3) is 5.54 Å². The molecule has 10 nitrogen and oxygen atoms in total. The van der Waals surface area contributed by atoms with Crippen LogP contribution in [0.4, 0.5) is 0 Å². The van der Waals surface area contributed by atoms with E-state index < -0.39 is 53.4 Å². The van der Waals surface area contributed by atoms with Crippen molar-refractivity contribution in [1.29, 1.82) is 0 Å². The van der Waals surface area contributed by atoms with Gasteiger partial charge in [0, 0.05) is 11.8 Å². The summed E-state index contributed by atoms with van der Waals surface area (Å²) >= 11 is 0. The first kappa shape index (κ1) is 17.2. The molecule has 0 aromatic heterocycles. The molecule has 0 aromatic rings. The molecule has 0 aliphatic heterocycles. The summed E-state index contributed by atoms with van der Waals surface area (Å²) in [5, 5.41) is 28.5. The fourth-order valence-corrected chi connectivity index (χ4v) is 1.11. The van der Waals surface area contributed by atoms with Gasteiger partial charge in [0.15, 0.2) is 0 Å². The third kappa shape index (κ3) is 6.78. The second-order valence-corrected chi connectivity index (χ2v) is 4.88. The van der Waals surface area contributed by atoms with E-state index in [9.17, 15) is 18.5 Å². The fraction of sp³-hybridized carbons (Fsp3) is 1.00. The molecule has 0 fully saturated rings. The lowest BCUT2D eigenvalue weighted by Gasteiger charge is -2.19. The Hall–Kier alpha value is -0.850. The largest absolute Gasteiger partial charge is 0.397 e. The Morgan fingerprint density at radius 2 is 2.00 bits per heavy atom. The summed E-state index contributed by atoms with van der Waals surface area (Å²) in [4.78, 5) is 9.82. The van der Waals surface area contributed by atoms with Gasteiger partial charge >= 0.3 is 10.4 Å². The van der Waals surface area contributed by atoms with E-state index in [2.05, 4.69) is 4.18 Å². The minimum atomic E-state index is -4.65. The van der Waals surface area contributed by atoms with Crippen molar-refractivity contribution in [3.05, 3.63) is 10.1 Å². The van der Waals surface area contributed by atoms with Crippen LogP contribution >= 0.6 is 0 Å². The fourth-order valence-electron chi connectivity index (χ4n) is 0.784. The average molecular weight is 289 g/mol. The highest BCUT2D eigenvalue weighted by Gasteiger charge is 2.37. The smallest absolute Gasteiger partial charge is 0.389 e. The molecule has 18 heavy (non-hydrogen) atoms. The first-order valence-corrected chi connectivity index (χ1v) is 6.10. The summed E-state index contributed by atoms with van der Waals surface area (Å²) in [7, 11) is -4.65. The zero-order valence-corrected chi connectivity index (χ0v) is 10.4. The number of aliphatic hydroxyl groups excluding tert-OH is 2. The van der Waals surface area contributed by atoms with Gasteiger partial charge in [0.2, 0.25) is 0 Å². The predicted molar refractivity (Wildman–Crippen MR) is 56.8 cm³/mol. The molecule has 0 spiro atoms. The van der Waals surface area contributed by atoms with E-state index in [1.165, 1.54) is 0 Å². The lowest BCUT2D eigenvalue weighted by atomic mass is 10.1. The van der Waals surface area contributed by atoms with Crippen LogP contribution in [0.25, 0.3) is 0 Å². The molecule has 2 atom stereocenters. The van der Waals surface area contributed by atoms with Crippen LogP contribution in [0, 0.1) is 10.1 Å². The van der Waals surface area contributed by atoms with Crippen molar-refractivity contribution in [2.75, 3.05) is 26.4 Å². The van der Waals surface area contributed by atoms with Crippen LogP contribution < -0.4 is 0 Å². The maximum Gasteiger partial charge on any atom is 0.397 e. The minimum Gasteiger partial charge on any atom is -0.389 e. The van der Waals surface area contributed by atoms with Crippen molar-refractivity contribution in [3.8, 4) is 0 Å². The normalized spacial score (nSPS) is 17.1. The summed E-state index contributed by atoms with van der Waals surface area (Å²) in [6, 6.07) is 0. The molecule has 0 rings (SSSR count). The average Bonchev–Trinajstić information content (AvgIpc) is 2.25. The van der Waals surface area contributed by atoms with Crippen LogP contribution in [0.1, 0.15) is 6.92 Å². The number of ether oxygens (including phenoxy) is 1. The maximum absolute atomic E-state index is 10.6. The monoisotopic (exact) mass is 289 g/mol. The van der Waals surface area contributed by atoms with Crippen molar-refractivity contribution >= 4 is 10.4 Å².